The van der Waals surface area contributed by atoms with E-state index < -0.39 is 5.97 Å². The number of ether oxygens (including phenoxy) is 1. The molecule has 1 heterocycles. The topological polar surface area (TPSA) is 59.4 Å². The first kappa shape index (κ1) is 12.0. The van der Waals surface area contributed by atoms with Gasteiger partial charge in [-0.05, 0) is 38.5 Å². The molecule has 3 rings (SSSR count). The smallest absolute Gasteiger partial charge is 0.351 e. The number of hydrogen-bond acceptors (Lipinski definition) is 4. The predicted molar refractivity (Wildman–Crippen MR) is 68.5 cm³/mol. The Bertz CT molecular complexity index is 447. The predicted octanol–water partition coefficient (Wildman–Crippen LogP) is 3.43. The Kier molecular flexibility index (Phi) is 3.24. The quantitative estimate of drug-likeness (QED) is 0.908. The van der Waals surface area contributed by atoms with Crippen LogP contribution >= 0.6 is 11.3 Å². The summed E-state index contributed by atoms with van der Waals surface area (Å²) in [6, 6.07) is 0. The van der Waals surface area contributed by atoms with Crippen molar-refractivity contribution in [1.29, 1.82) is 0 Å². The highest BCUT2D eigenvalue weighted by Gasteiger charge is 2.31. The lowest BCUT2D eigenvalue weighted by atomic mass is 9.98. The third-order valence-electron chi connectivity index (χ3n) is 3.56. The lowest BCUT2D eigenvalue weighted by molar-refractivity contribution is 0.0691. The second kappa shape index (κ2) is 4.88. The van der Waals surface area contributed by atoms with Gasteiger partial charge in [0.1, 0.15) is 11.1 Å². The highest BCUT2D eigenvalue weighted by Crippen LogP contribution is 2.44. The molecular weight excluding hydrogens is 250 g/mol. The van der Waals surface area contributed by atoms with Gasteiger partial charge in [0.05, 0.1) is 0 Å². The Hall–Kier alpha value is -1.10. The summed E-state index contributed by atoms with van der Waals surface area (Å²) in [6.45, 7) is 0. The standard InChI is InChI=1S/C13H17NO3S/c15-13(16)10-11(14-12(18-10)8-6-7-8)17-9-4-2-1-3-5-9/h8-9H,1-7H2,(H,15,16). The number of aromatic carboxylic acids is 1. The number of aromatic nitrogens is 1. The van der Waals surface area contributed by atoms with Crippen LogP contribution < -0.4 is 4.74 Å². The second-order valence-electron chi connectivity index (χ2n) is 5.14. The van der Waals surface area contributed by atoms with E-state index in [4.69, 9.17) is 4.74 Å². The Labute approximate surface area is 110 Å². The van der Waals surface area contributed by atoms with Crippen LogP contribution in [0.2, 0.25) is 0 Å². The van der Waals surface area contributed by atoms with Gasteiger partial charge in [0.2, 0.25) is 5.88 Å². The zero-order chi connectivity index (χ0) is 12.5. The minimum atomic E-state index is -0.912. The van der Waals surface area contributed by atoms with Crippen molar-refractivity contribution in [2.75, 3.05) is 0 Å². The van der Waals surface area contributed by atoms with Gasteiger partial charge >= 0.3 is 5.97 Å². The lowest BCUT2D eigenvalue weighted by Gasteiger charge is -2.21. The molecule has 0 atom stereocenters. The molecule has 0 unspecified atom stereocenters. The van der Waals surface area contributed by atoms with Gasteiger partial charge in [-0.2, -0.15) is 0 Å². The number of nitrogens with zero attached hydrogens (tertiary/aromatic N) is 1. The van der Waals surface area contributed by atoms with Gasteiger partial charge in [0.25, 0.3) is 0 Å². The van der Waals surface area contributed by atoms with Crippen molar-refractivity contribution in [3.63, 3.8) is 0 Å². The first-order valence-electron chi connectivity index (χ1n) is 6.64. The second-order valence-corrected chi connectivity index (χ2v) is 6.17. The highest BCUT2D eigenvalue weighted by molar-refractivity contribution is 7.14. The van der Waals surface area contributed by atoms with Gasteiger partial charge in [0, 0.05) is 5.92 Å². The fourth-order valence-corrected chi connectivity index (χ4v) is 3.39. The summed E-state index contributed by atoms with van der Waals surface area (Å²) >= 11 is 1.29. The third-order valence-corrected chi connectivity index (χ3v) is 4.75. The highest BCUT2D eigenvalue weighted by atomic mass is 32.1. The molecule has 0 bridgehead atoms. The van der Waals surface area contributed by atoms with E-state index >= 15 is 0 Å². The summed E-state index contributed by atoms with van der Waals surface area (Å²) in [6.07, 6.45) is 8.08. The molecule has 0 radical (unpaired) electrons. The summed E-state index contributed by atoms with van der Waals surface area (Å²) < 4.78 is 5.82. The maximum absolute atomic E-state index is 11.2. The van der Waals surface area contributed by atoms with E-state index in [1.807, 2.05) is 0 Å². The fourth-order valence-electron chi connectivity index (χ4n) is 2.38. The van der Waals surface area contributed by atoms with E-state index in [-0.39, 0.29) is 11.0 Å². The first-order chi connectivity index (χ1) is 8.74. The van der Waals surface area contributed by atoms with E-state index in [0.29, 0.717) is 11.8 Å². The maximum atomic E-state index is 11.2. The van der Waals surface area contributed by atoms with Crippen LogP contribution in [-0.2, 0) is 0 Å². The normalized spacial score (nSPS) is 20.9. The third kappa shape index (κ3) is 2.51. The van der Waals surface area contributed by atoms with Crippen LogP contribution in [0.4, 0.5) is 0 Å². The molecular formula is C13H17NO3S. The summed E-state index contributed by atoms with van der Waals surface area (Å²) in [7, 11) is 0. The van der Waals surface area contributed by atoms with Gasteiger partial charge < -0.3 is 9.84 Å². The molecule has 1 aromatic heterocycles. The van der Waals surface area contributed by atoms with Crippen molar-refractivity contribution < 1.29 is 14.6 Å². The number of carboxylic acid groups (broad SMARTS) is 1. The van der Waals surface area contributed by atoms with Gasteiger partial charge in [-0.15, -0.1) is 11.3 Å². The molecule has 5 heteroatoms. The minimum Gasteiger partial charge on any atom is -0.477 e. The van der Waals surface area contributed by atoms with Crippen LogP contribution in [0.1, 0.15) is 65.5 Å². The molecule has 0 aromatic carbocycles. The molecule has 0 aliphatic heterocycles. The number of hydrogen-bond donors (Lipinski definition) is 1. The number of thiazole rings is 1. The summed E-state index contributed by atoms with van der Waals surface area (Å²) in [5.41, 5.74) is 0. The van der Waals surface area contributed by atoms with Crippen molar-refractivity contribution in [2.45, 2.75) is 57.0 Å². The van der Waals surface area contributed by atoms with Crippen LogP contribution in [0, 0.1) is 0 Å². The van der Waals surface area contributed by atoms with E-state index in [1.165, 1.54) is 30.6 Å². The molecule has 1 N–H and O–H groups in total. The SMILES string of the molecule is O=C(O)c1sc(C2CC2)nc1OC1CCCCC1. The summed E-state index contributed by atoms with van der Waals surface area (Å²) in [5.74, 6) is -0.0664. The Morgan fingerprint density at radius 3 is 2.56 bits per heavy atom. The van der Waals surface area contributed by atoms with E-state index in [0.717, 1.165) is 30.7 Å². The van der Waals surface area contributed by atoms with E-state index in [2.05, 4.69) is 4.98 Å². The molecule has 2 aliphatic carbocycles. The van der Waals surface area contributed by atoms with Gasteiger partial charge in [-0.25, -0.2) is 9.78 Å². The fraction of sp³-hybridized carbons (Fsp3) is 0.692. The van der Waals surface area contributed by atoms with Gasteiger partial charge in [0.15, 0.2) is 4.88 Å². The molecule has 0 spiro atoms. The zero-order valence-corrected chi connectivity index (χ0v) is 11.0. The maximum Gasteiger partial charge on any atom is 0.351 e. The Morgan fingerprint density at radius 2 is 1.94 bits per heavy atom. The van der Waals surface area contributed by atoms with Gasteiger partial charge in [-0.1, -0.05) is 6.42 Å². The molecule has 18 heavy (non-hydrogen) atoms. The minimum absolute atomic E-state index is 0.158. The van der Waals surface area contributed by atoms with E-state index in [1.54, 1.807) is 0 Å². The molecule has 4 nitrogen and oxygen atoms in total. The molecule has 2 fully saturated rings. The van der Waals surface area contributed by atoms with Crippen LogP contribution in [0.3, 0.4) is 0 Å². The van der Waals surface area contributed by atoms with Crippen LogP contribution in [-0.4, -0.2) is 22.2 Å². The van der Waals surface area contributed by atoms with Crippen LogP contribution in [0.25, 0.3) is 0 Å². The number of carboxylic acids is 1. The molecule has 1 aromatic rings. The Morgan fingerprint density at radius 1 is 1.22 bits per heavy atom. The lowest BCUT2D eigenvalue weighted by Crippen LogP contribution is -2.20. The molecule has 0 amide bonds. The first-order valence-corrected chi connectivity index (χ1v) is 7.46. The van der Waals surface area contributed by atoms with Crippen LogP contribution in [0.5, 0.6) is 5.88 Å². The number of rotatable bonds is 4. The molecule has 98 valence electrons. The average Bonchev–Trinajstić information content (AvgIpc) is 3.12. The van der Waals surface area contributed by atoms with E-state index in [9.17, 15) is 9.90 Å². The summed E-state index contributed by atoms with van der Waals surface area (Å²) in [5, 5.41) is 10.1. The largest absolute Gasteiger partial charge is 0.477 e. The van der Waals surface area contributed by atoms with Crippen molar-refractivity contribution in [1.82, 2.24) is 4.98 Å². The van der Waals surface area contributed by atoms with Gasteiger partial charge in [-0.3, -0.25) is 0 Å². The molecule has 2 aliphatic rings. The van der Waals surface area contributed by atoms with Crippen molar-refractivity contribution in [2.24, 2.45) is 0 Å². The van der Waals surface area contributed by atoms with Crippen molar-refractivity contribution in [3.8, 4) is 5.88 Å². The number of carbonyl (C=O) groups is 1. The monoisotopic (exact) mass is 267 g/mol. The zero-order valence-electron chi connectivity index (χ0n) is 10.2. The average molecular weight is 267 g/mol. The molecule has 0 saturated heterocycles. The molecule has 2 saturated carbocycles. The summed E-state index contributed by atoms with van der Waals surface area (Å²) in [4.78, 5) is 15.9. The van der Waals surface area contributed by atoms with Crippen molar-refractivity contribution in [3.05, 3.63) is 9.88 Å². The van der Waals surface area contributed by atoms with Crippen LogP contribution in [0.15, 0.2) is 0 Å². The van der Waals surface area contributed by atoms with Crippen molar-refractivity contribution >= 4 is 17.3 Å². The Balaban J connectivity index is 1.77.